The highest BCUT2D eigenvalue weighted by molar-refractivity contribution is 6.28. The normalized spacial score (nSPS) is 20.4. The van der Waals surface area contributed by atoms with Gasteiger partial charge in [0, 0.05) is 44.4 Å². The van der Waals surface area contributed by atoms with Crippen molar-refractivity contribution in [2.45, 2.75) is 32.6 Å². The van der Waals surface area contributed by atoms with Crippen LogP contribution in [0.25, 0.3) is 0 Å². The first-order valence-electron chi connectivity index (χ1n) is 7.66. The number of rotatable bonds is 3. The lowest BCUT2D eigenvalue weighted by molar-refractivity contribution is -0.128. The second-order valence-corrected chi connectivity index (χ2v) is 6.35. The SMILES string of the molecule is Cc1cc(N2CCC(CN3CCCC3=O)CC2)nc(Cl)n1. The third-order valence-electron chi connectivity index (χ3n) is 4.40. The fourth-order valence-corrected chi connectivity index (χ4v) is 3.45. The molecule has 5 nitrogen and oxygen atoms in total. The standard InChI is InChI=1S/C15H21ClN4O/c1-11-9-13(18-15(16)17-11)19-7-4-12(5-8-19)10-20-6-2-3-14(20)21/h9,12H,2-8,10H2,1H3. The number of likely N-dealkylation sites (tertiary alicyclic amines) is 1. The van der Waals surface area contributed by atoms with Gasteiger partial charge in [0.1, 0.15) is 5.82 Å². The highest BCUT2D eigenvalue weighted by Gasteiger charge is 2.26. The summed E-state index contributed by atoms with van der Waals surface area (Å²) in [7, 11) is 0. The van der Waals surface area contributed by atoms with Gasteiger partial charge in [-0.3, -0.25) is 4.79 Å². The first-order valence-corrected chi connectivity index (χ1v) is 8.03. The van der Waals surface area contributed by atoms with Crippen LogP contribution >= 0.6 is 11.6 Å². The molecule has 0 aliphatic carbocycles. The van der Waals surface area contributed by atoms with Gasteiger partial charge in [0.25, 0.3) is 0 Å². The number of piperidine rings is 1. The molecular formula is C15H21ClN4O. The lowest BCUT2D eigenvalue weighted by Gasteiger charge is -2.34. The van der Waals surface area contributed by atoms with E-state index in [0.29, 0.717) is 17.1 Å². The Hall–Kier alpha value is -1.36. The Bertz CT molecular complexity index is 508. The Morgan fingerprint density at radius 2 is 2.05 bits per heavy atom. The number of hydrogen-bond acceptors (Lipinski definition) is 4. The Kier molecular flexibility index (Phi) is 4.29. The monoisotopic (exact) mass is 308 g/mol. The molecule has 2 saturated heterocycles. The summed E-state index contributed by atoms with van der Waals surface area (Å²) < 4.78 is 0. The second kappa shape index (κ2) is 6.18. The van der Waals surface area contributed by atoms with Crippen molar-refractivity contribution in [1.29, 1.82) is 0 Å². The zero-order valence-corrected chi connectivity index (χ0v) is 13.1. The zero-order valence-electron chi connectivity index (χ0n) is 12.4. The van der Waals surface area contributed by atoms with E-state index in [1.54, 1.807) is 0 Å². The third kappa shape index (κ3) is 3.46. The Balaban J connectivity index is 1.56. The Morgan fingerprint density at radius 3 is 2.67 bits per heavy atom. The van der Waals surface area contributed by atoms with Gasteiger partial charge in [-0.25, -0.2) is 9.97 Å². The van der Waals surface area contributed by atoms with Crippen LogP contribution in [0.15, 0.2) is 6.07 Å². The van der Waals surface area contributed by atoms with Crippen molar-refractivity contribution < 1.29 is 4.79 Å². The molecule has 1 aromatic rings. The molecule has 2 aliphatic rings. The van der Waals surface area contributed by atoms with E-state index in [9.17, 15) is 4.79 Å². The van der Waals surface area contributed by atoms with E-state index in [1.165, 1.54) is 0 Å². The fraction of sp³-hybridized carbons (Fsp3) is 0.667. The number of carbonyl (C=O) groups excluding carboxylic acids is 1. The predicted octanol–water partition coefficient (Wildman–Crippen LogP) is 2.28. The minimum atomic E-state index is 0.315. The van der Waals surface area contributed by atoms with Gasteiger partial charge >= 0.3 is 0 Å². The Morgan fingerprint density at radius 1 is 1.29 bits per heavy atom. The van der Waals surface area contributed by atoms with Crippen molar-refractivity contribution >= 4 is 23.3 Å². The van der Waals surface area contributed by atoms with Gasteiger partial charge in [0.05, 0.1) is 0 Å². The van der Waals surface area contributed by atoms with E-state index in [-0.39, 0.29) is 0 Å². The minimum Gasteiger partial charge on any atom is -0.356 e. The van der Waals surface area contributed by atoms with Crippen LogP contribution in [0, 0.1) is 12.8 Å². The highest BCUT2D eigenvalue weighted by Crippen LogP contribution is 2.25. The molecule has 6 heteroatoms. The summed E-state index contributed by atoms with van der Waals surface area (Å²) in [5, 5.41) is 0.315. The van der Waals surface area contributed by atoms with E-state index in [2.05, 4.69) is 14.9 Å². The van der Waals surface area contributed by atoms with Crippen LogP contribution in [0.4, 0.5) is 5.82 Å². The molecule has 1 aromatic heterocycles. The molecule has 3 rings (SSSR count). The number of hydrogen-bond donors (Lipinski definition) is 0. The van der Waals surface area contributed by atoms with Crippen molar-refractivity contribution in [2.24, 2.45) is 5.92 Å². The molecule has 0 unspecified atom stereocenters. The zero-order chi connectivity index (χ0) is 14.8. The second-order valence-electron chi connectivity index (χ2n) is 6.01. The van der Waals surface area contributed by atoms with E-state index < -0.39 is 0 Å². The highest BCUT2D eigenvalue weighted by atomic mass is 35.5. The number of halogens is 1. The first kappa shape index (κ1) is 14.6. The quantitative estimate of drug-likeness (QED) is 0.804. The van der Waals surface area contributed by atoms with Crippen molar-refractivity contribution in [2.75, 3.05) is 31.1 Å². The van der Waals surface area contributed by atoms with Crippen LogP contribution in [0.5, 0.6) is 0 Å². The number of anilines is 1. The minimum absolute atomic E-state index is 0.315. The number of carbonyl (C=O) groups is 1. The summed E-state index contributed by atoms with van der Waals surface area (Å²) in [6.45, 7) is 5.75. The van der Waals surface area contributed by atoms with E-state index >= 15 is 0 Å². The molecular weight excluding hydrogens is 288 g/mol. The van der Waals surface area contributed by atoms with E-state index in [0.717, 1.165) is 63.4 Å². The number of aromatic nitrogens is 2. The molecule has 114 valence electrons. The Labute approximate surface area is 130 Å². The third-order valence-corrected chi connectivity index (χ3v) is 4.57. The topological polar surface area (TPSA) is 49.3 Å². The molecule has 1 amide bonds. The summed E-state index contributed by atoms with van der Waals surface area (Å²) in [6.07, 6.45) is 3.96. The largest absolute Gasteiger partial charge is 0.356 e. The maximum absolute atomic E-state index is 11.7. The predicted molar refractivity (Wildman–Crippen MR) is 82.5 cm³/mol. The van der Waals surface area contributed by atoms with Crippen molar-refractivity contribution in [3.63, 3.8) is 0 Å². The van der Waals surface area contributed by atoms with Crippen LogP contribution in [0.2, 0.25) is 5.28 Å². The molecule has 0 bridgehead atoms. The molecule has 21 heavy (non-hydrogen) atoms. The molecule has 0 saturated carbocycles. The number of amides is 1. The lowest BCUT2D eigenvalue weighted by atomic mass is 9.96. The maximum atomic E-state index is 11.7. The van der Waals surface area contributed by atoms with Crippen molar-refractivity contribution in [3.05, 3.63) is 17.0 Å². The smallest absolute Gasteiger partial charge is 0.224 e. The van der Waals surface area contributed by atoms with E-state index in [1.807, 2.05) is 17.9 Å². The molecule has 0 spiro atoms. The fourth-order valence-electron chi connectivity index (χ4n) is 3.23. The van der Waals surface area contributed by atoms with Crippen molar-refractivity contribution in [1.82, 2.24) is 14.9 Å². The maximum Gasteiger partial charge on any atom is 0.224 e. The van der Waals surface area contributed by atoms with Gasteiger partial charge in [-0.05, 0) is 43.7 Å². The number of nitrogens with zero attached hydrogens (tertiary/aromatic N) is 4. The van der Waals surface area contributed by atoms with E-state index in [4.69, 9.17) is 11.6 Å². The van der Waals surface area contributed by atoms with Gasteiger partial charge in [-0.15, -0.1) is 0 Å². The van der Waals surface area contributed by atoms with Gasteiger partial charge in [0.15, 0.2) is 0 Å². The molecule has 0 aromatic carbocycles. The van der Waals surface area contributed by atoms with Crippen LogP contribution in [0.1, 0.15) is 31.4 Å². The molecule has 0 N–H and O–H groups in total. The molecule has 0 atom stereocenters. The summed E-state index contributed by atoms with van der Waals surface area (Å²) >= 11 is 5.93. The van der Waals surface area contributed by atoms with Crippen LogP contribution in [-0.4, -0.2) is 47.0 Å². The van der Waals surface area contributed by atoms with Crippen LogP contribution < -0.4 is 4.90 Å². The molecule has 0 radical (unpaired) electrons. The van der Waals surface area contributed by atoms with Crippen molar-refractivity contribution in [3.8, 4) is 0 Å². The molecule has 3 heterocycles. The first-order chi connectivity index (χ1) is 10.1. The van der Waals surface area contributed by atoms with Crippen LogP contribution in [-0.2, 0) is 4.79 Å². The lowest BCUT2D eigenvalue weighted by Crippen LogP contribution is -2.39. The number of aryl methyl sites for hydroxylation is 1. The summed E-state index contributed by atoms with van der Waals surface area (Å²) in [4.78, 5) is 24.4. The van der Waals surface area contributed by atoms with Gasteiger partial charge < -0.3 is 9.80 Å². The summed E-state index contributed by atoms with van der Waals surface area (Å²) in [5.41, 5.74) is 0.898. The van der Waals surface area contributed by atoms with Gasteiger partial charge in [-0.1, -0.05) is 0 Å². The molecule has 2 aliphatic heterocycles. The average Bonchev–Trinajstić information content (AvgIpc) is 2.84. The van der Waals surface area contributed by atoms with Gasteiger partial charge in [0.2, 0.25) is 11.2 Å². The van der Waals surface area contributed by atoms with Gasteiger partial charge in [-0.2, -0.15) is 0 Å². The molecule has 2 fully saturated rings. The van der Waals surface area contributed by atoms with Crippen LogP contribution in [0.3, 0.4) is 0 Å². The summed E-state index contributed by atoms with van der Waals surface area (Å²) in [5.74, 6) is 1.86. The average molecular weight is 309 g/mol. The summed E-state index contributed by atoms with van der Waals surface area (Å²) in [6, 6.07) is 1.98.